The molecule has 0 saturated heterocycles. The van der Waals surface area contributed by atoms with Crippen LogP contribution in [0.1, 0.15) is 30.3 Å². The van der Waals surface area contributed by atoms with Gasteiger partial charge in [-0.15, -0.1) is 11.3 Å². The SMILES string of the molecule is COCCN(CC(=O)N1CCc2sccc2[C@H]1COc1ccccc1)C(=O)NC(C)C. The van der Waals surface area contributed by atoms with Crippen LogP contribution in [0.4, 0.5) is 4.79 Å². The number of thiophene rings is 1. The normalized spacial score (nSPS) is 15.5. The Kier molecular flexibility index (Phi) is 8.31. The molecule has 2 aromatic rings. The van der Waals surface area contributed by atoms with Gasteiger partial charge in [0.25, 0.3) is 0 Å². The molecule has 0 aliphatic carbocycles. The summed E-state index contributed by atoms with van der Waals surface area (Å²) in [5.41, 5.74) is 1.13. The highest BCUT2D eigenvalue weighted by atomic mass is 32.1. The van der Waals surface area contributed by atoms with Gasteiger partial charge >= 0.3 is 6.03 Å². The maximum absolute atomic E-state index is 13.3. The van der Waals surface area contributed by atoms with Gasteiger partial charge in [0.1, 0.15) is 18.9 Å². The zero-order valence-electron chi connectivity index (χ0n) is 18.4. The fourth-order valence-electron chi connectivity index (χ4n) is 3.61. The summed E-state index contributed by atoms with van der Waals surface area (Å²) in [6, 6.07) is 11.2. The van der Waals surface area contributed by atoms with Crippen LogP contribution in [0, 0.1) is 0 Å². The largest absolute Gasteiger partial charge is 0.491 e. The summed E-state index contributed by atoms with van der Waals surface area (Å²) in [6.07, 6.45) is 0.816. The van der Waals surface area contributed by atoms with Gasteiger partial charge in [-0.25, -0.2) is 4.79 Å². The van der Waals surface area contributed by atoms with Crippen LogP contribution >= 0.6 is 11.3 Å². The van der Waals surface area contributed by atoms with Crippen LogP contribution in [0.5, 0.6) is 5.75 Å². The van der Waals surface area contributed by atoms with Crippen LogP contribution in [-0.2, 0) is 16.0 Å². The van der Waals surface area contributed by atoms with Crippen LogP contribution in [0.2, 0.25) is 0 Å². The Balaban J connectivity index is 1.73. The highest BCUT2D eigenvalue weighted by Gasteiger charge is 2.33. The fraction of sp³-hybridized carbons (Fsp3) is 0.478. The number of methoxy groups -OCH3 is 1. The standard InChI is InChI=1S/C23H31N3O4S/c1-17(2)24-23(28)25(12-13-29-3)15-22(27)26-11-9-21-19(10-14-31-21)20(26)16-30-18-7-5-4-6-8-18/h4-8,10,14,17,20H,9,11-13,15-16H2,1-3H3,(H,24,28)/t20-/m1/s1. The van der Waals surface area contributed by atoms with Gasteiger partial charge < -0.3 is 24.6 Å². The van der Waals surface area contributed by atoms with Crippen LogP contribution < -0.4 is 10.1 Å². The topological polar surface area (TPSA) is 71.1 Å². The Bertz CT molecular complexity index is 856. The van der Waals surface area contributed by atoms with Gasteiger partial charge in [-0.2, -0.15) is 0 Å². The van der Waals surface area contributed by atoms with E-state index in [0.717, 1.165) is 17.7 Å². The van der Waals surface area contributed by atoms with Crippen molar-refractivity contribution in [2.45, 2.75) is 32.4 Å². The second kappa shape index (κ2) is 11.2. The summed E-state index contributed by atoms with van der Waals surface area (Å²) in [7, 11) is 1.58. The minimum Gasteiger partial charge on any atom is -0.491 e. The molecule has 3 rings (SSSR count). The van der Waals surface area contributed by atoms with Gasteiger partial charge in [0.05, 0.1) is 12.6 Å². The molecule has 1 aromatic carbocycles. The second-order valence-corrected chi connectivity index (χ2v) is 8.80. The lowest BCUT2D eigenvalue weighted by Gasteiger charge is -2.37. The average Bonchev–Trinajstić information content (AvgIpc) is 3.24. The summed E-state index contributed by atoms with van der Waals surface area (Å²) in [4.78, 5) is 30.6. The molecule has 0 saturated carbocycles. The molecule has 3 amide bonds. The molecular weight excluding hydrogens is 414 g/mol. The number of para-hydroxylation sites is 1. The summed E-state index contributed by atoms with van der Waals surface area (Å²) >= 11 is 1.72. The van der Waals surface area contributed by atoms with E-state index in [2.05, 4.69) is 16.8 Å². The molecule has 0 unspecified atom stereocenters. The first kappa shape index (κ1) is 23.1. The van der Waals surface area contributed by atoms with Crippen molar-refractivity contribution in [1.82, 2.24) is 15.1 Å². The second-order valence-electron chi connectivity index (χ2n) is 7.79. The van der Waals surface area contributed by atoms with E-state index < -0.39 is 0 Å². The monoisotopic (exact) mass is 445 g/mol. The maximum atomic E-state index is 13.3. The lowest BCUT2D eigenvalue weighted by Crippen LogP contribution is -2.51. The summed E-state index contributed by atoms with van der Waals surface area (Å²) < 4.78 is 11.2. The Morgan fingerprint density at radius 1 is 1.26 bits per heavy atom. The third-order valence-electron chi connectivity index (χ3n) is 5.16. The zero-order valence-corrected chi connectivity index (χ0v) is 19.2. The number of nitrogens with zero attached hydrogens (tertiary/aromatic N) is 2. The number of urea groups is 1. The van der Waals surface area contributed by atoms with E-state index in [4.69, 9.17) is 9.47 Å². The smallest absolute Gasteiger partial charge is 0.318 e. The summed E-state index contributed by atoms with van der Waals surface area (Å²) in [5.74, 6) is 0.684. The van der Waals surface area contributed by atoms with E-state index in [0.29, 0.717) is 26.3 Å². The van der Waals surface area contributed by atoms with Crippen LogP contribution in [0.3, 0.4) is 0 Å². The molecule has 0 radical (unpaired) electrons. The van der Waals surface area contributed by atoms with Crippen LogP contribution in [0.15, 0.2) is 41.8 Å². The van der Waals surface area contributed by atoms with Crippen LogP contribution in [-0.4, -0.2) is 67.7 Å². The lowest BCUT2D eigenvalue weighted by molar-refractivity contribution is -0.135. The maximum Gasteiger partial charge on any atom is 0.318 e. The molecule has 0 spiro atoms. The van der Waals surface area contributed by atoms with Gasteiger partial charge in [-0.3, -0.25) is 4.79 Å². The number of ether oxygens (including phenoxy) is 2. The number of hydrogen-bond acceptors (Lipinski definition) is 5. The van der Waals surface area contributed by atoms with E-state index >= 15 is 0 Å². The van der Waals surface area contributed by atoms with Gasteiger partial charge in [-0.05, 0) is 49.4 Å². The quantitative estimate of drug-likeness (QED) is 0.643. The molecule has 8 heteroatoms. The molecule has 1 atom stereocenters. The van der Waals surface area contributed by atoms with Crippen molar-refractivity contribution < 1.29 is 19.1 Å². The van der Waals surface area contributed by atoms with Crippen molar-refractivity contribution in [3.05, 3.63) is 52.2 Å². The number of benzene rings is 1. The van der Waals surface area contributed by atoms with Gasteiger partial charge in [0.2, 0.25) is 5.91 Å². The molecule has 168 valence electrons. The number of carbonyl (C=O) groups is 2. The van der Waals surface area contributed by atoms with Crippen molar-refractivity contribution in [1.29, 1.82) is 0 Å². The number of nitrogens with one attached hydrogen (secondary N) is 1. The molecule has 2 heterocycles. The Morgan fingerprint density at radius 2 is 2.03 bits per heavy atom. The molecule has 0 fully saturated rings. The Hall–Kier alpha value is -2.58. The molecule has 1 N–H and O–H groups in total. The molecule has 1 aliphatic heterocycles. The van der Waals surface area contributed by atoms with Crippen molar-refractivity contribution >= 4 is 23.3 Å². The average molecular weight is 446 g/mol. The first-order chi connectivity index (χ1) is 15.0. The summed E-state index contributed by atoms with van der Waals surface area (Å²) in [6.45, 7) is 5.50. The van der Waals surface area contributed by atoms with Crippen molar-refractivity contribution in [2.24, 2.45) is 0 Å². The van der Waals surface area contributed by atoms with Gasteiger partial charge in [0, 0.05) is 31.1 Å². The van der Waals surface area contributed by atoms with Gasteiger partial charge in [0.15, 0.2) is 0 Å². The van der Waals surface area contributed by atoms with Crippen LogP contribution in [0.25, 0.3) is 0 Å². The number of rotatable bonds is 9. The molecular formula is C23H31N3O4S. The number of hydrogen-bond donors (Lipinski definition) is 1. The first-order valence-electron chi connectivity index (χ1n) is 10.6. The predicted molar refractivity (Wildman–Crippen MR) is 122 cm³/mol. The van der Waals surface area contributed by atoms with E-state index in [1.54, 1.807) is 18.4 Å². The Labute approximate surface area is 187 Å². The zero-order chi connectivity index (χ0) is 22.2. The molecule has 0 bridgehead atoms. The third-order valence-corrected chi connectivity index (χ3v) is 6.15. The molecule has 7 nitrogen and oxygen atoms in total. The van der Waals surface area contributed by atoms with Crippen molar-refractivity contribution in [3.63, 3.8) is 0 Å². The highest BCUT2D eigenvalue weighted by molar-refractivity contribution is 7.10. The minimum atomic E-state index is -0.259. The lowest BCUT2D eigenvalue weighted by atomic mass is 10.0. The van der Waals surface area contributed by atoms with E-state index in [9.17, 15) is 9.59 Å². The van der Waals surface area contributed by atoms with E-state index in [-0.39, 0.29) is 30.6 Å². The fourth-order valence-corrected chi connectivity index (χ4v) is 4.54. The number of carbonyl (C=O) groups excluding carboxylic acids is 2. The first-order valence-corrected chi connectivity index (χ1v) is 11.5. The minimum absolute atomic E-state index is 0.00320. The number of amides is 3. The molecule has 1 aliphatic rings. The van der Waals surface area contributed by atoms with Crippen molar-refractivity contribution in [3.8, 4) is 5.75 Å². The van der Waals surface area contributed by atoms with Crippen molar-refractivity contribution in [2.75, 3.05) is 40.0 Å². The Morgan fingerprint density at radius 3 is 2.74 bits per heavy atom. The van der Waals surface area contributed by atoms with E-state index in [1.165, 1.54) is 9.78 Å². The van der Waals surface area contributed by atoms with E-state index in [1.807, 2.05) is 49.1 Å². The highest BCUT2D eigenvalue weighted by Crippen LogP contribution is 2.34. The third kappa shape index (κ3) is 6.21. The predicted octanol–water partition coefficient (Wildman–Crippen LogP) is 3.32. The van der Waals surface area contributed by atoms with Gasteiger partial charge in [-0.1, -0.05) is 18.2 Å². The molecule has 1 aromatic heterocycles. The summed E-state index contributed by atoms with van der Waals surface area (Å²) in [5, 5.41) is 4.93. The molecule has 31 heavy (non-hydrogen) atoms. The number of fused-ring (bicyclic) bond motifs is 1.